The Bertz CT molecular complexity index is 1370. The molecule has 0 atom stereocenters. The molecule has 2 fully saturated rings. The minimum absolute atomic E-state index is 0.0728. The van der Waals surface area contributed by atoms with Gasteiger partial charge in [0.25, 0.3) is 5.91 Å². The van der Waals surface area contributed by atoms with E-state index in [1.807, 2.05) is 36.4 Å². The highest BCUT2D eigenvalue weighted by molar-refractivity contribution is 5.96. The van der Waals surface area contributed by atoms with Gasteiger partial charge in [0.1, 0.15) is 6.61 Å². The molecule has 3 N–H and O–H groups in total. The molecule has 2 amide bonds. The molecule has 1 saturated carbocycles. The van der Waals surface area contributed by atoms with Gasteiger partial charge >= 0.3 is 6.18 Å². The van der Waals surface area contributed by atoms with Crippen molar-refractivity contribution in [1.29, 1.82) is 0 Å². The molecule has 222 valence electrons. The number of hydrogen-bond acceptors (Lipinski definition) is 6. The molecule has 1 aliphatic carbocycles. The monoisotopic (exact) mass is 582 g/mol. The summed E-state index contributed by atoms with van der Waals surface area (Å²) in [7, 11) is 0. The third-order valence-corrected chi connectivity index (χ3v) is 7.94. The number of benzene rings is 2. The van der Waals surface area contributed by atoms with Crippen molar-refractivity contribution >= 4 is 11.8 Å². The minimum atomic E-state index is -4.55. The van der Waals surface area contributed by atoms with Crippen LogP contribution in [0.3, 0.4) is 0 Å². The Morgan fingerprint density at radius 3 is 2.43 bits per heavy atom. The zero-order chi connectivity index (χ0) is 29.7. The molecule has 11 heteroatoms. The van der Waals surface area contributed by atoms with E-state index < -0.39 is 29.2 Å². The number of likely N-dealkylation sites (tertiary alicyclic amines) is 1. The number of hydrogen-bond donors (Lipinski definition) is 3. The highest BCUT2D eigenvalue weighted by Crippen LogP contribution is 2.39. The van der Waals surface area contributed by atoms with E-state index >= 15 is 0 Å². The van der Waals surface area contributed by atoms with Gasteiger partial charge < -0.3 is 20.5 Å². The Kier molecular flexibility index (Phi) is 8.79. The third kappa shape index (κ3) is 7.27. The lowest BCUT2D eigenvalue weighted by Crippen LogP contribution is -2.63. The second-order valence-electron chi connectivity index (χ2n) is 10.9. The Hall–Kier alpha value is -3.96. The number of halogens is 3. The first-order chi connectivity index (χ1) is 20.1. The fourth-order valence-electron chi connectivity index (χ4n) is 5.49. The van der Waals surface area contributed by atoms with E-state index in [1.165, 1.54) is 6.07 Å². The first-order valence-corrected chi connectivity index (χ1v) is 13.9. The predicted octanol–water partition coefficient (Wildman–Crippen LogP) is 4.04. The maximum atomic E-state index is 12.9. The van der Waals surface area contributed by atoms with Crippen LogP contribution < -0.4 is 15.4 Å². The van der Waals surface area contributed by atoms with Crippen molar-refractivity contribution in [2.24, 2.45) is 0 Å². The van der Waals surface area contributed by atoms with Gasteiger partial charge in [-0.1, -0.05) is 36.4 Å². The summed E-state index contributed by atoms with van der Waals surface area (Å²) < 4.78 is 44.4. The molecule has 0 radical (unpaired) electrons. The van der Waals surface area contributed by atoms with Gasteiger partial charge in [-0.3, -0.25) is 14.5 Å². The van der Waals surface area contributed by atoms with Crippen LogP contribution in [0.15, 0.2) is 72.9 Å². The number of aliphatic hydroxyl groups is 1. The summed E-state index contributed by atoms with van der Waals surface area (Å²) >= 11 is 0. The quantitative estimate of drug-likeness (QED) is 0.352. The van der Waals surface area contributed by atoms with E-state index in [4.69, 9.17) is 4.74 Å². The molecule has 1 aromatic heterocycles. The van der Waals surface area contributed by atoms with Gasteiger partial charge in [0.2, 0.25) is 11.8 Å². The SMILES string of the molecule is O=C(CNC(=O)c1cccc(C(F)(F)F)c1)NC1CN(C2CCC(O)(c3ccc(OCc4ccccc4)nc3)CC2)C1. The topological polar surface area (TPSA) is 104 Å². The molecule has 8 nitrogen and oxygen atoms in total. The molecule has 0 unspecified atom stereocenters. The van der Waals surface area contributed by atoms with Crippen LogP contribution in [0.5, 0.6) is 5.88 Å². The lowest BCUT2D eigenvalue weighted by Gasteiger charge is -2.48. The van der Waals surface area contributed by atoms with E-state index in [0.717, 1.165) is 42.2 Å². The summed E-state index contributed by atoms with van der Waals surface area (Å²) in [6.07, 6.45) is -0.0757. The van der Waals surface area contributed by atoms with Crippen molar-refractivity contribution < 1.29 is 32.6 Å². The predicted molar refractivity (Wildman–Crippen MR) is 148 cm³/mol. The molecule has 2 heterocycles. The number of aromatic nitrogens is 1. The molecule has 1 aliphatic heterocycles. The number of carbonyl (C=O) groups is 2. The number of amides is 2. The molecule has 2 aromatic carbocycles. The number of nitrogens with one attached hydrogen (secondary N) is 2. The zero-order valence-electron chi connectivity index (χ0n) is 22.9. The number of ether oxygens (including phenoxy) is 1. The molecular formula is C31H33F3N4O4. The van der Waals surface area contributed by atoms with Crippen molar-refractivity contribution in [3.05, 3.63) is 95.2 Å². The number of rotatable bonds is 9. The van der Waals surface area contributed by atoms with Crippen LogP contribution in [0.1, 0.15) is 52.7 Å². The second kappa shape index (κ2) is 12.5. The number of alkyl halides is 3. The zero-order valence-corrected chi connectivity index (χ0v) is 22.9. The first-order valence-electron chi connectivity index (χ1n) is 13.9. The van der Waals surface area contributed by atoms with Gasteiger partial charge in [-0.25, -0.2) is 4.98 Å². The van der Waals surface area contributed by atoms with Crippen LogP contribution in [0.25, 0.3) is 0 Å². The Morgan fingerprint density at radius 1 is 1.02 bits per heavy atom. The fraction of sp³-hybridized carbons (Fsp3) is 0.387. The van der Waals surface area contributed by atoms with E-state index in [0.29, 0.717) is 44.5 Å². The number of carbonyl (C=O) groups excluding carboxylic acids is 2. The summed E-state index contributed by atoms with van der Waals surface area (Å²) in [5.41, 5.74) is -0.206. The van der Waals surface area contributed by atoms with Crippen molar-refractivity contribution in [1.82, 2.24) is 20.5 Å². The average Bonchev–Trinajstić information content (AvgIpc) is 2.97. The Labute approximate surface area is 241 Å². The maximum absolute atomic E-state index is 12.9. The standard InChI is InChI=1S/C31H33F3N4O4/c32-31(33,34)23-8-4-7-22(15-23)29(40)36-17-27(39)37-25-18-38(19-25)26-11-13-30(41,14-12-26)24-9-10-28(35-16-24)42-20-21-5-2-1-3-6-21/h1-10,15-16,25-26,41H,11-14,17-20H2,(H,36,40)(H,37,39). The smallest absolute Gasteiger partial charge is 0.416 e. The summed E-state index contributed by atoms with van der Waals surface area (Å²) in [6, 6.07) is 17.8. The van der Waals surface area contributed by atoms with Gasteiger partial charge in [-0.05, 0) is 55.5 Å². The van der Waals surface area contributed by atoms with E-state index in [1.54, 1.807) is 12.3 Å². The van der Waals surface area contributed by atoms with Gasteiger partial charge in [-0.15, -0.1) is 0 Å². The van der Waals surface area contributed by atoms with Crippen molar-refractivity contribution in [2.45, 2.75) is 56.2 Å². The number of nitrogens with zero attached hydrogens (tertiary/aromatic N) is 2. The Morgan fingerprint density at radius 2 is 1.76 bits per heavy atom. The summed E-state index contributed by atoms with van der Waals surface area (Å²) in [6.45, 7) is 1.41. The second-order valence-corrected chi connectivity index (χ2v) is 10.9. The summed E-state index contributed by atoms with van der Waals surface area (Å²) in [4.78, 5) is 31.2. The highest BCUT2D eigenvalue weighted by atomic mass is 19.4. The highest BCUT2D eigenvalue weighted by Gasteiger charge is 2.40. The number of pyridine rings is 1. The molecule has 1 saturated heterocycles. The van der Waals surface area contributed by atoms with Gasteiger partial charge in [0.15, 0.2) is 0 Å². The molecule has 0 bridgehead atoms. The van der Waals surface area contributed by atoms with Gasteiger partial charge in [0.05, 0.1) is 23.8 Å². The lowest BCUT2D eigenvalue weighted by atomic mass is 9.77. The van der Waals surface area contributed by atoms with Crippen LogP contribution in [-0.4, -0.2) is 58.5 Å². The lowest BCUT2D eigenvalue weighted by molar-refractivity contribution is -0.137. The maximum Gasteiger partial charge on any atom is 0.416 e. The Balaban J connectivity index is 1.01. The molecular weight excluding hydrogens is 549 g/mol. The largest absolute Gasteiger partial charge is 0.473 e. The van der Waals surface area contributed by atoms with Gasteiger partial charge in [-0.2, -0.15) is 13.2 Å². The third-order valence-electron chi connectivity index (χ3n) is 7.94. The van der Waals surface area contributed by atoms with Crippen LogP contribution >= 0.6 is 0 Å². The normalized spacial score (nSPS) is 21.3. The van der Waals surface area contributed by atoms with Gasteiger partial charge in [0, 0.05) is 42.5 Å². The molecule has 0 spiro atoms. The minimum Gasteiger partial charge on any atom is -0.473 e. The fourth-order valence-corrected chi connectivity index (χ4v) is 5.49. The van der Waals surface area contributed by atoms with E-state index in [-0.39, 0.29) is 18.2 Å². The van der Waals surface area contributed by atoms with E-state index in [9.17, 15) is 27.9 Å². The van der Waals surface area contributed by atoms with Crippen LogP contribution in [0.2, 0.25) is 0 Å². The average molecular weight is 583 g/mol. The molecule has 3 aromatic rings. The summed E-state index contributed by atoms with van der Waals surface area (Å²) in [5, 5.41) is 16.5. The van der Waals surface area contributed by atoms with Crippen LogP contribution in [0.4, 0.5) is 13.2 Å². The first kappa shape index (κ1) is 29.5. The molecule has 5 rings (SSSR count). The van der Waals surface area contributed by atoms with Crippen molar-refractivity contribution in [3.8, 4) is 5.88 Å². The van der Waals surface area contributed by atoms with Crippen LogP contribution in [0, 0.1) is 0 Å². The van der Waals surface area contributed by atoms with Crippen molar-refractivity contribution in [3.63, 3.8) is 0 Å². The molecule has 2 aliphatic rings. The summed E-state index contributed by atoms with van der Waals surface area (Å²) in [5.74, 6) is -0.642. The van der Waals surface area contributed by atoms with Crippen molar-refractivity contribution in [2.75, 3.05) is 19.6 Å². The molecule has 42 heavy (non-hydrogen) atoms. The van der Waals surface area contributed by atoms with E-state index in [2.05, 4.69) is 20.5 Å². The van der Waals surface area contributed by atoms with Crippen LogP contribution in [-0.2, 0) is 23.2 Å².